The lowest BCUT2D eigenvalue weighted by atomic mass is 9.86. The average Bonchev–Trinajstić information content (AvgIpc) is 2.47. The predicted molar refractivity (Wildman–Crippen MR) is 87.0 cm³/mol. The molecule has 0 atom stereocenters. The Kier molecular flexibility index (Phi) is 4.68. The van der Waals surface area contributed by atoms with Gasteiger partial charge in [-0.2, -0.15) is 0 Å². The van der Waals surface area contributed by atoms with Crippen LogP contribution in [0.3, 0.4) is 0 Å². The van der Waals surface area contributed by atoms with Crippen LogP contribution in [-0.2, 0) is 14.9 Å². The first-order valence-electron chi connectivity index (χ1n) is 7.32. The number of nitrogens with one attached hydrogen (secondary N) is 1. The van der Waals surface area contributed by atoms with Crippen molar-refractivity contribution in [1.82, 2.24) is 0 Å². The fraction of sp³-hybridized carbons (Fsp3) is 0.471. The van der Waals surface area contributed by atoms with Gasteiger partial charge in [0, 0.05) is 13.1 Å². The quantitative estimate of drug-likeness (QED) is 0.870. The summed E-state index contributed by atoms with van der Waals surface area (Å²) in [6.45, 7) is 13.1. The van der Waals surface area contributed by atoms with Crippen LogP contribution in [0.4, 0.5) is 11.4 Å². The fourth-order valence-corrected chi connectivity index (χ4v) is 2.37. The minimum Gasteiger partial charge on any atom is -0.378 e. The molecule has 0 unspecified atom stereocenters. The van der Waals surface area contributed by atoms with E-state index in [2.05, 4.69) is 55.8 Å². The Balaban J connectivity index is 2.37. The molecule has 1 N–H and O–H groups in total. The molecule has 0 bridgehead atoms. The molecule has 0 aromatic heterocycles. The van der Waals surface area contributed by atoms with Crippen molar-refractivity contribution in [3.8, 4) is 0 Å². The number of rotatable bonds is 3. The first-order chi connectivity index (χ1) is 9.91. The van der Waals surface area contributed by atoms with E-state index in [-0.39, 0.29) is 11.3 Å². The van der Waals surface area contributed by atoms with Crippen molar-refractivity contribution in [2.45, 2.75) is 26.2 Å². The number of morpholine rings is 1. The highest BCUT2D eigenvalue weighted by Crippen LogP contribution is 2.32. The minimum absolute atomic E-state index is 0.0389. The van der Waals surface area contributed by atoms with Crippen LogP contribution in [0.25, 0.3) is 0 Å². The van der Waals surface area contributed by atoms with Gasteiger partial charge in [0.2, 0.25) is 5.91 Å². The van der Waals surface area contributed by atoms with E-state index >= 15 is 0 Å². The van der Waals surface area contributed by atoms with Crippen LogP contribution >= 0.6 is 0 Å². The summed E-state index contributed by atoms with van der Waals surface area (Å²) < 4.78 is 5.40. The SMILES string of the molecule is C=CC(=O)Nc1cc(C(C)(C)C)ccc1N1CCOCC1. The van der Waals surface area contributed by atoms with Crippen molar-refractivity contribution in [2.24, 2.45) is 0 Å². The van der Waals surface area contributed by atoms with Crippen LogP contribution in [0.15, 0.2) is 30.9 Å². The van der Waals surface area contributed by atoms with Crippen LogP contribution in [-0.4, -0.2) is 32.2 Å². The molecule has 1 aromatic carbocycles. The van der Waals surface area contributed by atoms with Crippen LogP contribution in [0, 0.1) is 0 Å². The fourth-order valence-electron chi connectivity index (χ4n) is 2.37. The highest BCUT2D eigenvalue weighted by molar-refractivity contribution is 6.01. The van der Waals surface area contributed by atoms with Crippen molar-refractivity contribution >= 4 is 17.3 Å². The molecule has 0 spiro atoms. The summed E-state index contributed by atoms with van der Waals surface area (Å²) in [6, 6.07) is 6.28. The molecule has 1 fully saturated rings. The number of hydrogen-bond acceptors (Lipinski definition) is 3. The molecule has 1 aromatic rings. The van der Waals surface area contributed by atoms with Crippen molar-refractivity contribution in [2.75, 3.05) is 36.5 Å². The summed E-state index contributed by atoms with van der Waals surface area (Å²) in [5, 5.41) is 2.93. The lowest BCUT2D eigenvalue weighted by Gasteiger charge is -2.31. The van der Waals surface area contributed by atoms with E-state index in [0.29, 0.717) is 0 Å². The van der Waals surface area contributed by atoms with Gasteiger partial charge < -0.3 is 15.0 Å². The van der Waals surface area contributed by atoms with Crippen molar-refractivity contribution in [3.63, 3.8) is 0 Å². The molecular weight excluding hydrogens is 264 g/mol. The number of amides is 1. The molecule has 21 heavy (non-hydrogen) atoms. The third-order valence-electron chi connectivity index (χ3n) is 3.66. The predicted octanol–water partition coefficient (Wildman–Crippen LogP) is 2.95. The van der Waals surface area contributed by atoms with E-state index in [9.17, 15) is 4.79 Å². The van der Waals surface area contributed by atoms with E-state index in [4.69, 9.17) is 4.74 Å². The first kappa shape index (κ1) is 15.6. The highest BCUT2D eigenvalue weighted by atomic mass is 16.5. The standard InChI is InChI=1S/C17H24N2O2/c1-5-16(20)18-14-12-13(17(2,3)4)6-7-15(14)19-8-10-21-11-9-19/h5-7,12H,1,8-11H2,2-4H3,(H,18,20). The van der Waals surface area contributed by atoms with Gasteiger partial charge in [-0.15, -0.1) is 0 Å². The molecule has 0 radical (unpaired) electrons. The Bertz CT molecular complexity index is 526. The molecule has 114 valence electrons. The van der Waals surface area contributed by atoms with Crippen molar-refractivity contribution in [3.05, 3.63) is 36.4 Å². The number of ether oxygens (including phenoxy) is 1. The second kappa shape index (κ2) is 6.31. The third kappa shape index (κ3) is 3.85. The third-order valence-corrected chi connectivity index (χ3v) is 3.66. The Morgan fingerprint density at radius 2 is 2.00 bits per heavy atom. The summed E-state index contributed by atoms with van der Waals surface area (Å²) in [7, 11) is 0. The first-order valence-corrected chi connectivity index (χ1v) is 7.32. The van der Waals surface area contributed by atoms with Crippen LogP contribution in [0.5, 0.6) is 0 Å². The van der Waals surface area contributed by atoms with E-state index in [1.165, 1.54) is 11.6 Å². The maximum atomic E-state index is 11.7. The van der Waals surface area contributed by atoms with Crippen LogP contribution < -0.4 is 10.2 Å². The molecule has 4 heteroatoms. The number of anilines is 2. The largest absolute Gasteiger partial charge is 0.378 e. The molecule has 1 amide bonds. The van der Waals surface area contributed by atoms with Gasteiger partial charge in [0.1, 0.15) is 0 Å². The normalized spacial score (nSPS) is 15.7. The molecule has 0 saturated carbocycles. The van der Waals surface area contributed by atoms with E-state index in [1.807, 2.05) is 0 Å². The van der Waals surface area contributed by atoms with E-state index in [1.54, 1.807) is 0 Å². The lowest BCUT2D eigenvalue weighted by Crippen LogP contribution is -2.36. The van der Waals surface area contributed by atoms with Gasteiger partial charge in [0.05, 0.1) is 24.6 Å². The number of benzene rings is 1. The monoisotopic (exact) mass is 288 g/mol. The average molecular weight is 288 g/mol. The van der Waals surface area contributed by atoms with Crippen molar-refractivity contribution in [1.29, 1.82) is 0 Å². The van der Waals surface area contributed by atoms with Gasteiger partial charge >= 0.3 is 0 Å². The van der Waals surface area contributed by atoms with Gasteiger partial charge in [0.25, 0.3) is 0 Å². The second-order valence-electron chi connectivity index (χ2n) is 6.27. The second-order valence-corrected chi connectivity index (χ2v) is 6.27. The topological polar surface area (TPSA) is 41.6 Å². The van der Waals surface area contributed by atoms with Gasteiger partial charge in [-0.05, 0) is 29.2 Å². The Hall–Kier alpha value is -1.81. The van der Waals surface area contributed by atoms with Crippen LogP contribution in [0.2, 0.25) is 0 Å². The number of hydrogen-bond donors (Lipinski definition) is 1. The molecule has 1 aliphatic heterocycles. The van der Waals surface area contributed by atoms with Gasteiger partial charge in [-0.1, -0.05) is 33.4 Å². The van der Waals surface area contributed by atoms with E-state index < -0.39 is 0 Å². The molecule has 4 nitrogen and oxygen atoms in total. The summed E-state index contributed by atoms with van der Waals surface area (Å²) in [5.41, 5.74) is 3.12. The Morgan fingerprint density at radius 3 is 2.57 bits per heavy atom. The summed E-state index contributed by atoms with van der Waals surface area (Å²) in [6.07, 6.45) is 1.30. The van der Waals surface area contributed by atoms with Crippen LogP contribution in [0.1, 0.15) is 26.3 Å². The lowest BCUT2D eigenvalue weighted by molar-refractivity contribution is -0.111. The molecule has 1 heterocycles. The highest BCUT2D eigenvalue weighted by Gasteiger charge is 2.20. The Morgan fingerprint density at radius 1 is 1.33 bits per heavy atom. The zero-order chi connectivity index (χ0) is 15.5. The number of carbonyl (C=O) groups is 1. The molecule has 1 saturated heterocycles. The smallest absolute Gasteiger partial charge is 0.247 e. The van der Waals surface area contributed by atoms with Crippen molar-refractivity contribution < 1.29 is 9.53 Å². The summed E-state index contributed by atoms with van der Waals surface area (Å²) >= 11 is 0. The molecule has 2 rings (SSSR count). The summed E-state index contributed by atoms with van der Waals surface area (Å²) in [4.78, 5) is 13.9. The Labute approximate surface area is 126 Å². The van der Waals surface area contributed by atoms with Gasteiger partial charge in [0.15, 0.2) is 0 Å². The molecule has 0 aliphatic carbocycles. The van der Waals surface area contributed by atoms with E-state index in [0.717, 1.165) is 37.7 Å². The van der Waals surface area contributed by atoms with Gasteiger partial charge in [-0.25, -0.2) is 0 Å². The number of carbonyl (C=O) groups excluding carboxylic acids is 1. The zero-order valence-electron chi connectivity index (χ0n) is 13.1. The molecular formula is C17H24N2O2. The maximum Gasteiger partial charge on any atom is 0.247 e. The van der Waals surface area contributed by atoms with Gasteiger partial charge in [-0.3, -0.25) is 4.79 Å². The minimum atomic E-state index is -0.185. The number of nitrogens with zero attached hydrogens (tertiary/aromatic N) is 1. The summed E-state index contributed by atoms with van der Waals surface area (Å²) in [5.74, 6) is -0.185. The zero-order valence-corrected chi connectivity index (χ0v) is 13.1. The molecule has 1 aliphatic rings. The maximum absolute atomic E-state index is 11.7.